The van der Waals surface area contributed by atoms with E-state index in [1.165, 1.54) is 18.2 Å². The first-order valence-corrected chi connectivity index (χ1v) is 10.5. The molecule has 10 heteroatoms. The summed E-state index contributed by atoms with van der Waals surface area (Å²) in [6.07, 6.45) is 0. The number of imide groups is 1. The molecule has 2 heterocycles. The molecule has 1 aliphatic rings. The highest BCUT2D eigenvalue weighted by atomic mass is 32.1. The quantitative estimate of drug-likeness (QED) is 0.453. The number of anilines is 1. The highest BCUT2D eigenvalue weighted by Crippen LogP contribution is 2.30. The Hall–Kier alpha value is -3.92. The van der Waals surface area contributed by atoms with Crippen molar-refractivity contribution in [3.8, 4) is 0 Å². The molecular formula is C22H18N4O5S. The van der Waals surface area contributed by atoms with Gasteiger partial charge in [-0.05, 0) is 37.6 Å². The second-order valence-corrected chi connectivity index (χ2v) is 8.25. The van der Waals surface area contributed by atoms with Gasteiger partial charge in [-0.1, -0.05) is 41.7 Å². The lowest BCUT2D eigenvalue weighted by Crippen LogP contribution is -2.31. The van der Waals surface area contributed by atoms with E-state index in [4.69, 9.17) is 4.74 Å². The Bertz CT molecular complexity index is 1220. The van der Waals surface area contributed by atoms with E-state index in [0.717, 1.165) is 21.8 Å². The summed E-state index contributed by atoms with van der Waals surface area (Å²) in [4.78, 5) is 50.8. The van der Waals surface area contributed by atoms with Crippen LogP contribution in [0.5, 0.6) is 0 Å². The fourth-order valence-electron chi connectivity index (χ4n) is 3.24. The number of rotatable bonds is 6. The van der Waals surface area contributed by atoms with Gasteiger partial charge < -0.3 is 10.1 Å². The Morgan fingerprint density at radius 2 is 1.78 bits per heavy atom. The molecule has 0 saturated carbocycles. The highest BCUT2D eigenvalue weighted by Gasteiger charge is 2.39. The van der Waals surface area contributed by atoms with Gasteiger partial charge in [0, 0.05) is 0 Å². The summed E-state index contributed by atoms with van der Waals surface area (Å²) in [6, 6.07) is 13.2. The van der Waals surface area contributed by atoms with Crippen LogP contribution in [0.4, 0.5) is 5.13 Å². The molecule has 0 spiro atoms. The van der Waals surface area contributed by atoms with E-state index in [1.54, 1.807) is 6.92 Å². The summed E-state index contributed by atoms with van der Waals surface area (Å²) in [5.74, 6) is -2.36. The predicted octanol–water partition coefficient (Wildman–Crippen LogP) is 2.68. The van der Waals surface area contributed by atoms with Gasteiger partial charge in [0.15, 0.2) is 6.61 Å². The van der Waals surface area contributed by atoms with Gasteiger partial charge in [-0.25, -0.2) is 9.69 Å². The molecular weight excluding hydrogens is 432 g/mol. The molecule has 1 N–H and O–H groups in total. The zero-order chi connectivity index (χ0) is 22.8. The number of hydrogen-bond acceptors (Lipinski definition) is 8. The summed E-state index contributed by atoms with van der Waals surface area (Å²) >= 11 is 1.11. The Kier molecular flexibility index (Phi) is 5.78. The van der Waals surface area contributed by atoms with Crippen LogP contribution in [0.15, 0.2) is 48.5 Å². The number of esters is 1. The topological polar surface area (TPSA) is 119 Å². The molecule has 162 valence electrons. The number of fused-ring (bicyclic) bond motifs is 1. The summed E-state index contributed by atoms with van der Waals surface area (Å²) in [7, 11) is 0. The highest BCUT2D eigenvalue weighted by molar-refractivity contribution is 7.15. The van der Waals surface area contributed by atoms with E-state index >= 15 is 0 Å². The van der Waals surface area contributed by atoms with Crippen LogP contribution in [-0.2, 0) is 9.53 Å². The van der Waals surface area contributed by atoms with Crippen molar-refractivity contribution >= 4 is 40.2 Å². The lowest BCUT2D eigenvalue weighted by molar-refractivity contribution is -0.124. The molecule has 2 aromatic carbocycles. The first-order valence-electron chi connectivity index (χ1n) is 9.69. The van der Waals surface area contributed by atoms with E-state index in [0.29, 0.717) is 5.01 Å². The number of nitrogens with one attached hydrogen (secondary N) is 1. The van der Waals surface area contributed by atoms with E-state index in [-0.39, 0.29) is 27.9 Å². The van der Waals surface area contributed by atoms with Crippen LogP contribution in [0, 0.1) is 6.92 Å². The van der Waals surface area contributed by atoms with Crippen molar-refractivity contribution < 1.29 is 23.9 Å². The molecule has 1 aromatic heterocycles. The van der Waals surface area contributed by atoms with Crippen LogP contribution in [-0.4, -0.2) is 40.5 Å². The summed E-state index contributed by atoms with van der Waals surface area (Å²) < 4.78 is 5.08. The second-order valence-electron chi connectivity index (χ2n) is 7.09. The van der Waals surface area contributed by atoms with Gasteiger partial charge in [0.05, 0.1) is 22.7 Å². The van der Waals surface area contributed by atoms with E-state index in [2.05, 4.69) is 15.5 Å². The number of aromatic nitrogens is 2. The first-order chi connectivity index (χ1) is 15.3. The van der Waals surface area contributed by atoms with Gasteiger partial charge in [-0.15, -0.1) is 10.2 Å². The largest absolute Gasteiger partial charge is 0.452 e. The van der Waals surface area contributed by atoms with Crippen molar-refractivity contribution in [2.24, 2.45) is 0 Å². The maximum Gasteiger partial charge on any atom is 0.338 e. The van der Waals surface area contributed by atoms with E-state index < -0.39 is 30.3 Å². The molecule has 32 heavy (non-hydrogen) atoms. The summed E-state index contributed by atoms with van der Waals surface area (Å²) in [6.45, 7) is 3.06. The number of nitrogens with zero attached hydrogens (tertiary/aromatic N) is 3. The van der Waals surface area contributed by atoms with Gasteiger partial charge in [0.2, 0.25) is 5.13 Å². The van der Waals surface area contributed by atoms with E-state index in [1.807, 2.05) is 37.3 Å². The Balaban J connectivity index is 1.41. The summed E-state index contributed by atoms with van der Waals surface area (Å²) in [5.41, 5.74) is 1.21. The van der Waals surface area contributed by atoms with Crippen molar-refractivity contribution in [1.29, 1.82) is 0 Å². The van der Waals surface area contributed by atoms with Crippen molar-refractivity contribution in [1.82, 2.24) is 15.5 Å². The zero-order valence-electron chi connectivity index (χ0n) is 17.2. The average molecular weight is 450 g/mol. The number of aryl methyl sites for hydroxylation is 1. The molecule has 0 bridgehead atoms. The van der Waals surface area contributed by atoms with Gasteiger partial charge in [-0.2, -0.15) is 0 Å². The third-order valence-corrected chi connectivity index (χ3v) is 5.66. The fourth-order valence-corrected chi connectivity index (χ4v) is 3.93. The van der Waals surface area contributed by atoms with Crippen LogP contribution >= 0.6 is 11.3 Å². The SMILES string of the molecule is Cc1nnc(N2C(=O)c3ccc(C(=O)OCC(=O)N[C@@H](C)c4ccccc4)cc3C2=O)s1. The molecule has 0 aliphatic carbocycles. The van der Waals surface area contributed by atoms with Crippen molar-refractivity contribution in [3.63, 3.8) is 0 Å². The Labute approximate surface area is 187 Å². The first kappa shape index (κ1) is 21.3. The molecule has 0 radical (unpaired) electrons. The number of ether oxygens (including phenoxy) is 1. The number of benzene rings is 2. The molecule has 3 amide bonds. The van der Waals surface area contributed by atoms with Crippen LogP contribution in [0.25, 0.3) is 0 Å². The van der Waals surface area contributed by atoms with Gasteiger partial charge in [0.1, 0.15) is 5.01 Å². The van der Waals surface area contributed by atoms with Crippen LogP contribution in [0.1, 0.15) is 54.6 Å². The molecule has 9 nitrogen and oxygen atoms in total. The minimum Gasteiger partial charge on any atom is -0.452 e. The van der Waals surface area contributed by atoms with Crippen molar-refractivity contribution in [3.05, 3.63) is 75.8 Å². The molecule has 1 aliphatic heterocycles. The standard InChI is InChI=1S/C22H18N4O5S/c1-12(14-6-4-3-5-7-14)23-18(27)11-31-21(30)15-8-9-16-17(10-15)20(29)26(19(16)28)22-25-24-13(2)32-22/h3-10,12H,11H2,1-2H3,(H,23,27)/t12-/m0/s1. The lowest BCUT2D eigenvalue weighted by atomic mass is 10.1. The van der Waals surface area contributed by atoms with Crippen LogP contribution in [0.3, 0.4) is 0 Å². The predicted molar refractivity (Wildman–Crippen MR) is 116 cm³/mol. The van der Waals surface area contributed by atoms with E-state index in [9.17, 15) is 19.2 Å². The maximum atomic E-state index is 12.7. The molecule has 0 fully saturated rings. The monoisotopic (exact) mass is 450 g/mol. The smallest absolute Gasteiger partial charge is 0.338 e. The summed E-state index contributed by atoms with van der Waals surface area (Å²) in [5, 5.41) is 11.2. The molecule has 0 saturated heterocycles. The zero-order valence-corrected chi connectivity index (χ0v) is 18.0. The van der Waals surface area contributed by atoms with Crippen LogP contribution in [0.2, 0.25) is 0 Å². The maximum absolute atomic E-state index is 12.7. The number of amides is 3. The van der Waals surface area contributed by atoms with Gasteiger partial charge in [0.25, 0.3) is 17.7 Å². The Morgan fingerprint density at radius 1 is 1.06 bits per heavy atom. The normalized spacial score (nSPS) is 13.6. The number of hydrogen-bond donors (Lipinski definition) is 1. The second kappa shape index (κ2) is 8.67. The van der Waals surface area contributed by atoms with Crippen LogP contribution < -0.4 is 10.2 Å². The molecule has 4 rings (SSSR count). The van der Waals surface area contributed by atoms with Gasteiger partial charge in [-0.3, -0.25) is 14.4 Å². The average Bonchev–Trinajstić information content (AvgIpc) is 3.32. The fraction of sp³-hybridized carbons (Fsp3) is 0.182. The van der Waals surface area contributed by atoms with Crippen molar-refractivity contribution in [2.75, 3.05) is 11.5 Å². The number of carbonyl (C=O) groups is 4. The lowest BCUT2D eigenvalue weighted by Gasteiger charge is -2.14. The minimum atomic E-state index is -0.777. The third kappa shape index (κ3) is 4.12. The molecule has 3 aromatic rings. The van der Waals surface area contributed by atoms with Gasteiger partial charge >= 0.3 is 5.97 Å². The molecule has 1 atom stereocenters. The van der Waals surface area contributed by atoms with Crippen molar-refractivity contribution in [2.45, 2.75) is 19.9 Å². The third-order valence-electron chi connectivity index (χ3n) is 4.84. The molecule has 0 unspecified atom stereocenters. The minimum absolute atomic E-state index is 0.0594. The number of carbonyl (C=O) groups excluding carboxylic acids is 4. The Morgan fingerprint density at radius 3 is 2.47 bits per heavy atom.